The molecule has 4 heteroatoms. The van der Waals surface area contributed by atoms with Gasteiger partial charge in [-0.05, 0) is 55.7 Å². The average Bonchev–Trinajstić information content (AvgIpc) is 2.52. The maximum absolute atomic E-state index is 12.6. The molecule has 0 aliphatic heterocycles. The van der Waals surface area contributed by atoms with Gasteiger partial charge in [0.2, 0.25) is 0 Å². The number of anilines is 1. The number of rotatable bonds is 6. The van der Waals surface area contributed by atoms with E-state index in [4.69, 9.17) is 0 Å². The van der Waals surface area contributed by atoms with Gasteiger partial charge in [0, 0.05) is 18.8 Å². The summed E-state index contributed by atoms with van der Waals surface area (Å²) in [5.41, 5.74) is 1.48. The Hall–Kier alpha value is -1.97. The van der Waals surface area contributed by atoms with Gasteiger partial charge in [0.05, 0.1) is 5.56 Å². The Kier molecular flexibility index (Phi) is 5.47. The highest BCUT2D eigenvalue weighted by molar-refractivity contribution is 5.47. The maximum Gasteiger partial charge on any atom is 0.416 e. The summed E-state index contributed by atoms with van der Waals surface area (Å²) in [4.78, 5) is 2.09. The van der Waals surface area contributed by atoms with E-state index >= 15 is 0 Å². The maximum atomic E-state index is 12.6. The molecule has 117 valence electrons. The van der Waals surface area contributed by atoms with Crippen molar-refractivity contribution in [1.29, 1.82) is 0 Å². The number of benzene rings is 2. The van der Waals surface area contributed by atoms with Gasteiger partial charge in [0.1, 0.15) is 0 Å². The summed E-state index contributed by atoms with van der Waals surface area (Å²) in [6, 6.07) is 16.2. The molecule has 0 spiro atoms. The summed E-state index contributed by atoms with van der Waals surface area (Å²) in [7, 11) is 0. The van der Waals surface area contributed by atoms with Gasteiger partial charge >= 0.3 is 6.18 Å². The van der Waals surface area contributed by atoms with Crippen LogP contribution in [0.2, 0.25) is 0 Å². The Balaban J connectivity index is 1.93. The Morgan fingerprint density at radius 1 is 1.00 bits per heavy atom. The summed E-state index contributed by atoms with van der Waals surface area (Å²) in [5.74, 6) is 0. The smallest absolute Gasteiger partial charge is 0.372 e. The molecule has 2 aromatic rings. The third-order valence-corrected chi connectivity index (χ3v) is 3.62. The number of hydrogen-bond donors (Lipinski definition) is 0. The molecule has 0 heterocycles. The summed E-state index contributed by atoms with van der Waals surface area (Å²) < 4.78 is 37.7. The fourth-order valence-electron chi connectivity index (χ4n) is 2.39. The molecule has 0 atom stereocenters. The molecule has 0 unspecified atom stereocenters. The van der Waals surface area contributed by atoms with Gasteiger partial charge in [-0.15, -0.1) is 0 Å². The highest BCUT2D eigenvalue weighted by Gasteiger charge is 2.30. The van der Waals surface area contributed by atoms with E-state index in [1.54, 1.807) is 12.1 Å². The zero-order valence-electron chi connectivity index (χ0n) is 12.5. The van der Waals surface area contributed by atoms with E-state index in [9.17, 15) is 13.2 Å². The minimum atomic E-state index is -4.28. The van der Waals surface area contributed by atoms with Crippen molar-refractivity contribution in [2.24, 2.45) is 0 Å². The Morgan fingerprint density at radius 3 is 2.18 bits per heavy atom. The first-order valence-corrected chi connectivity index (χ1v) is 7.38. The summed E-state index contributed by atoms with van der Waals surface area (Å²) in [6.45, 7) is 3.60. The monoisotopic (exact) mass is 306 g/mol. The van der Waals surface area contributed by atoms with Gasteiger partial charge in [-0.3, -0.25) is 0 Å². The molecule has 0 aromatic heterocycles. The Morgan fingerprint density at radius 2 is 1.64 bits per heavy atom. The minimum absolute atomic E-state index is 0.604. The van der Waals surface area contributed by atoms with E-state index in [0.29, 0.717) is 0 Å². The van der Waals surface area contributed by atoms with Crippen molar-refractivity contribution in [1.82, 2.24) is 0 Å². The second-order valence-electron chi connectivity index (χ2n) is 5.14. The predicted octanol–water partition coefficient (Wildman–Crippen LogP) is 4.96. The van der Waals surface area contributed by atoms with Crippen molar-refractivity contribution in [2.75, 3.05) is 18.0 Å². The fourth-order valence-corrected chi connectivity index (χ4v) is 2.39. The van der Waals surface area contributed by atoms with Crippen LogP contribution in [0, 0.1) is 6.07 Å². The van der Waals surface area contributed by atoms with Crippen LogP contribution < -0.4 is 4.90 Å². The highest BCUT2D eigenvalue weighted by Crippen LogP contribution is 2.30. The minimum Gasteiger partial charge on any atom is -0.372 e. The van der Waals surface area contributed by atoms with E-state index in [2.05, 4.69) is 11.0 Å². The van der Waals surface area contributed by atoms with Gasteiger partial charge in [0.25, 0.3) is 0 Å². The quantitative estimate of drug-likeness (QED) is 0.728. The lowest BCUT2D eigenvalue weighted by molar-refractivity contribution is -0.137. The van der Waals surface area contributed by atoms with Crippen LogP contribution in [-0.4, -0.2) is 13.1 Å². The number of halogens is 3. The molecule has 0 amide bonds. The molecule has 0 aliphatic rings. The van der Waals surface area contributed by atoms with Crippen LogP contribution in [0.15, 0.2) is 48.5 Å². The van der Waals surface area contributed by atoms with E-state index < -0.39 is 11.7 Å². The number of aryl methyl sites for hydroxylation is 1. The van der Waals surface area contributed by atoms with E-state index in [1.165, 1.54) is 5.56 Å². The van der Waals surface area contributed by atoms with E-state index in [-0.39, 0.29) is 0 Å². The molecule has 2 rings (SSSR count). The van der Waals surface area contributed by atoms with Gasteiger partial charge in [-0.1, -0.05) is 24.3 Å². The molecule has 0 aliphatic carbocycles. The molecule has 0 bridgehead atoms. The Labute approximate surface area is 129 Å². The molecular formula is C18H19F3N. The van der Waals surface area contributed by atoms with Crippen LogP contribution >= 0.6 is 0 Å². The summed E-state index contributed by atoms with van der Waals surface area (Å²) in [5, 5.41) is 0. The van der Waals surface area contributed by atoms with E-state index in [1.807, 2.05) is 31.2 Å². The molecule has 22 heavy (non-hydrogen) atoms. The van der Waals surface area contributed by atoms with Crippen molar-refractivity contribution < 1.29 is 13.2 Å². The van der Waals surface area contributed by atoms with Crippen LogP contribution in [0.4, 0.5) is 18.9 Å². The molecule has 0 saturated heterocycles. The summed E-state index contributed by atoms with van der Waals surface area (Å²) >= 11 is 0. The zero-order chi connectivity index (χ0) is 16.0. The van der Waals surface area contributed by atoms with Crippen LogP contribution in [0.1, 0.15) is 24.5 Å². The van der Waals surface area contributed by atoms with E-state index in [0.717, 1.165) is 43.8 Å². The largest absolute Gasteiger partial charge is 0.416 e. The fraction of sp³-hybridized carbons (Fsp3) is 0.333. The first-order chi connectivity index (χ1) is 10.5. The second-order valence-corrected chi connectivity index (χ2v) is 5.14. The molecule has 0 fully saturated rings. The Bertz CT molecular complexity index is 561. The van der Waals surface area contributed by atoms with Gasteiger partial charge < -0.3 is 4.90 Å². The lowest BCUT2D eigenvalue weighted by Gasteiger charge is -2.23. The first-order valence-electron chi connectivity index (χ1n) is 7.38. The molecule has 0 N–H and O–H groups in total. The number of nitrogens with zero attached hydrogens (tertiary/aromatic N) is 1. The van der Waals surface area contributed by atoms with Gasteiger partial charge in [-0.25, -0.2) is 0 Å². The molecular weight excluding hydrogens is 287 g/mol. The standard InChI is InChI=1S/C18H19F3N/c1-2-22(14-6-9-15-7-4-3-5-8-15)17-12-10-16(11-13-17)18(19,20)21/h4-5,7-8,10-13H,2,6,9,14H2,1H3. The van der Waals surface area contributed by atoms with Crippen molar-refractivity contribution >= 4 is 5.69 Å². The van der Waals surface area contributed by atoms with Crippen molar-refractivity contribution in [3.8, 4) is 0 Å². The zero-order valence-corrected chi connectivity index (χ0v) is 12.5. The lowest BCUT2D eigenvalue weighted by atomic mass is 10.1. The lowest BCUT2D eigenvalue weighted by Crippen LogP contribution is -2.24. The van der Waals surface area contributed by atoms with Crippen molar-refractivity contribution in [2.45, 2.75) is 25.9 Å². The normalized spacial score (nSPS) is 11.5. The molecule has 2 aromatic carbocycles. The average molecular weight is 306 g/mol. The third-order valence-electron chi connectivity index (χ3n) is 3.62. The van der Waals surface area contributed by atoms with Crippen LogP contribution in [0.3, 0.4) is 0 Å². The highest BCUT2D eigenvalue weighted by atomic mass is 19.4. The number of alkyl halides is 3. The van der Waals surface area contributed by atoms with Crippen LogP contribution in [0.5, 0.6) is 0 Å². The van der Waals surface area contributed by atoms with Crippen molar-refractivity contribution in [3.63, 3.8) is 0 Å². The van der Waals surface area contributed by atoms with Crippen LogP contribution in [-0.2, 0) is 12.6 Å². The SMILES string of the molecule is CCN(CCCc1cc[c]cc1)c1ccc(C(F)(F)F)cc1. The molecule has 1 nitrogen and oxygen atoms in total. The number of hydrogen-bond acceptors (Lipinski definition) is 1. The predicted molar refractivity (Wildman–Crippen MR) is 82.9 cm³/mol. The molecule has 1 radical (unpaired) electrons. The van der Waals surface area contributed by atoms with Crippen LogP contribution in [0.25, 0.3) is 0 Å². The van der Waals surface area contributed by atoms with Gasteiger partial charge in [-0.2, -0.15) is 13.2 Å². The van der Waals surface area contributed by atoms with Gasteiger partial charge in [0.15, 0.2) is 0 Å². The second kappa shape index (κ2) is 7.34. The summed E-state index contributed by atoms with van der Waals surface area (Å²) in [6.07, 6.45) is -2.37. The first kappa shape index (κ1) is 16.4. The topological polar surface area (TPSA) is 3.24 Å². The third kappa shape index (κ3) is 4.52. The molecule has 0 saturated carbocycles. The van der Waals surface area contributed by atoms with Crippen molar-refractivity contribution in [3.05, 3.63) is 65.7 Å².